The molecular formula is C15H26N6O6S. The molecule has 0 spiro atoms. The molecule has 0 fully saturated rings. The third kappa shape index (κ3) is 8.88. The van der Waals surface area contributed by atoms with Crippen molar-refractivity contribution < 1.29 is 27.9 Å². The Morgan fingerprint density at radius 2 is 1.82 bits per heavy atom. The number of carboxylic acids is 1. The van der Waals surface area contributed by atoms with Gasteiger partial charge in [-0.25, -0.2) is 13.5 Å². The molecule has 4 N–H and O–H groups in total. The zero-order valence-corrected chi connectivity index (χ0v) is 16.8. The molecule has 0 bridgehead atoms. The molecule has 1 aromatic rings. The van der Waals surface area contributed by atoms with Crippen molar-refractivity contribution in [2.24, 2.45) is 11.8 Å². The van der Waals surface area contributed by atoms with E-state index in [1.807, 2.05) is 18.6 Å². The highest BCUT2D eigenvalue weighted by molar-refractivity contribution is 7.90. The Balaban J connectivity index is 2.36. The van der Waals surface area contributed by atoms with Crippen LogP contribution < -0.4 is 10.0 Å². The molecule has 12 nitrogen and oxygen atoms in total. The van der Waals surface area contributed by atoms with Gasteiger partial charge in [0.15, 0.2) is 0 Å². The lowest BCUT2D eigenvalue weighted by Gasteiger charge is -2.18. The van der Waals surface area contributed by atoms with E-state index in [9.17, 15) is 22.8 Å². The number of nitrogens with one attached hydrogen (secondary N) is 3. The lowest BCUT2D eigenvalue weighted by Crippen LogP contribution is -2.38. The van der Waals surface area contributed by atoms with Crippen LogP contribution in [-0.4, -0.2) is 63.7 Å². The van der Waals surface area contributed by atoms with Crippen LogP contribution in [0.5, 0.6) is 0 Å². The maximum absolute atomic E-state index is 12.0. The first-order valence-electron chi connectivity index (χ1n) is 8.78. The summed E-state index contributed by atoms with van der Waals surface area (Å²) in [5.41, 5.74) is 0. The minimum atomic E-state index is -3.88. The van der Waals surface area contributed by atoms with Crippen molar-refractivity contribution in [3.05, 3.63) is 5.82 Å². The second-order valence-corrected chi connectivity index (χ2v) is 8.63. The van der Waals surface area contributed by atoms with Crippen LogP contribution in [0.25, 0.3) is 0 Å². The summed E-state index contributed by atoms with van der Waals surface area (Å²) in [5.74, 6) is -2.27. The largest absolute Gasteiger partial charge is 0.480 e. The van der Waals surface area contributed by atoms with Crippen LogP contribution in [0.1, 0.15) is 45.9 Å². The number of carboxylic acid groups (broad SMARTS) is 1. The van der Waals surface area contributed by atoms with Gasteiger partial charge in [0, 0.05) is 19.3 Å². The number of nitrogens with zero attached hydrogens (tertiary/aromatic N) is 3. The lowest BCUT2D eigenvalue weighted by atomic mass is 9.90. The van der Waals surface area contributed by atoms with Crippen LogP contribution in [0.15, 0.2) is 0 Å². The third-order valence-electron chi connectivity index (χ3n) is 4.22. The Morgan fingerprint density at radius 1 is 1.14 bits per heavy atom. The summed E-state index contributed by atoms with van der Waals surface area (Å²) in [6.07, 6.45) is 0.341. The van der Waals surface area contributed by atoms with E-state index in [1.54, 1.807) is 0 Å². The molecule has 158 valence electrons. The van der Waals surface area contributed by atoms with E-state index in [2.05, 4.69) is 25.9 Å². The quantitative estimate of drug-likeness (QED) is 0.338. The maximum Gasteiger partial charge on any atom is 0.325 e. The second kappa shape index (κ2) is 10.7. The summed E-state index contributed by atoms with van der Waals surface area (Å²) < 4.78 is 25.9. The molecular weight excluding hydrogens is 392 g/mol. The van der Waals surface area contributed by atoms with Gasteiger partial charge in [-0.3, -0.25) is 19.1 Å². The number of carbonyl (C=O) groups excluding carboxylic acids is 2. The second-order valence-electron chi connectivity index (χ2n) is 6.79. The summed E-state index contributed by atoms with van der Waals surface area (Å²) in [5, 5.41) is 24.3. The molecule has 0 aliphatic heterocycles. The average molecular weight is 418 g/mol. The van der Waals surface area contributed by atoms with Gasteiger partial charge >= 0.3 is 5.97 Å². The molecule has 0 saturated heterocycles. The van der Waals surface area contributed by atoms with Gasteiger partial charge in [0.2, 0.25) is 21.8 Å². The molecule has 0 saturated carbocycles. The van der Waals surface area contributed by atoms with Gasteiger partial charge in [-0.1, -0.05) is 13.8 Å². The summed E-state index contributed by atoms with van der Waals surface area (Å²) in [7, 11) is -3.88. The van der Waals surface area contributed by atoms with Crippen molar-refractivity contribution in [2.75, 3.05) is 5.75 Å². The minimum absolute atomic E-state index is 0.0125. The van der Waals surface area contributed by atoms with Crippen LogP contribution in [0, 0.1) is 11.8 Å². The number of aromatic nitrogens is 4. The van der Waals surface area contributed by atoms with Gasteiger partial charge in [0.25, 0.3) is 0 Å². The van der Waals surface area contributed by atoms with Crippen molar-refractivity contribution in [1.82, 2.24) is 30.7 Å². The fourth-order valence-electron chi connectivity index (χ4n) is 2.33. The van der Waals surface area contributed by atoms with Gasteiger partial charge in [0.05, 0.1) is 5.75 Å². The van der Waals surface area contributed by atoms with E-state index >= 15 is 0 Å². The topological polar surface area (TPSA) is 184 Å². The maximum atomic E-state index is 12.0. The molecule has 1 rings (SSSR count). The van der Waals surface area contributed by atoms with Gasteiger partial charge < -0.3 is 10.4 Å². The number of H-pyrrole nitrogens is 1. The number of amides is 2. The van der Waals surface area contributed by atoms with Crippen molar-refractivity contribution in [1.29, 1.82) is 0 Å². The third-order valence-corrected chi connectivity index (χ3v) is 5.58. The van der Waals surface area contributed by atoms with E-state index in [-0.39, 0.29) is 31.1 Å². The molecule has 0 aromatic carbocycles. The molecule has 0 aliphatic carbocycles. The van der Waals surface area contributed by atoms with Crippen LogP contribution in [0.2, 0.25) is 0 Å². The van der Waals surface area contributed by atoms with Crippen molar-refractivity contribution in [3.63, 3.8) is 0 Å². The van der Waals surface area contributed by atoms with E-state index in [1.165, 1.54) is 6.92 Å². The number of rotatable bonds is 12. The lowest BCUT2D eigenvalue weighted by molar-refractivity contribution is -0.141. The number of tetrazole rings is 1. The van der Waals surface area contributed by atoms with Crippen molar-refractivity contribution >= 4 is 27.8 Å². The molecule has 1 aromatic heterocycles. The molecule has 0 aliphatic rings. The van der Waals surface area contributed by atoms with Gasteiger partial charge in [-0.05, 0) is 35.6 Å². The molecule has 3 atom stereocenters. The highest BCUT2D eigenvalue weighted by Crippen LogP contribution is 2.18. The molecule has 1 heterocycles. The first-order valence-corrected chi connectivity index (χ1v) is 10.4. The Morgan fingerprint density at radius 3 is 2.39 bits per heavy atom. The molecule has 13 heteroatoms. The Labute approximate surface area is 162 Å². The van der Waals surface area contributed by atoms with E-state index in [0.717, 1.165) is 0 Å². The highest BCUT2D eigenvalue weighted by atomic mass is 32.2. The predicted octanol–water partition coefficient (Wildman–Crippen LogP) is -0.780. The fourth-order valence-corrected chi connectivity index (χ4v) is 3.39. The summed E-state index contributed by atoms with van der Waals surface area (Å²) in [6, 6.07) is -1.06. The van der Waals surface area contributed by atoms with Crippen LogP contribution >= 0.6 is 0 Å². The minimum Gasteiger partial charge on any atom is -0.480 e. The summed E-state index contributed by atoms with van der Waals surface area (Å²) in [6.45, 7) is 5.04. The van der Waals surface area contributed by atoms with E-state index in [0.29, 0.717) is 12.2 Å². The fraction of sp³-hybridized carbons (Fsp3) is 0.733. The smallest absolute Gasteiger partial charge is 0.325 e. The molecule has 2 unspecified atom stereocenters. The van der Waals surface area contributed by atoms with Crippen LogP contribution in [0.4, 0.5) is 0 Å². The predicted molar refractivity (Wildman–Crippen MR) is 97.2 cm³/mol. The Bertz CT molecular complexity index is 766. The van der Waals surface area contributed by atoms with Crippen LogP contribution in [-0.2, 0) is 30.8 Å². The zero-order chi connectivity index (χ0) is 21.3. The number of sulfonamides is 1. The highest BCUT2D eigenvalue weighted by Gasteiger charge is 2.21. The van der Waals surface area contributed by atoms with Gasteiger partial charge in [-0.15, -0.1) is 5.10 Å². The first-order chi connectivity index (χ1) is 13.0. The van der Waals surface area contributed by atoms with Crippen molar-refractivity contribution in [2.45, 2.75) is 52.5 Å². The monoisotopic (exact) mass is 418 g/mol. The SMILES string of the molecule is CC(CC(=O)NS(=O)(=O)CCCC(=O)N[C@@H](C)C(=O)O)C(C)Cc1nnn[nH]1. The van der Waals surface area contributed by atoms with E-state index in [4.69, 9.17) is 5.11 Å². The molecule has 28 heavy (non-hydrogen) atoms. The van der Waals surface area contributed by atoms with E-state index < -0.39 is 39.6 Å². The number of aromatic amines is 1. The van der Waals surface area contributed by atoms with Crippen molar-refractivity contribution in [3.8, 4) is 0 Å². The Hall–Kier alpha value is -2.57. The standard InChI is InChI=1S/C15H26N6O6S/c1-9(7-12-17-20-21-18-12)10(2)8-14(23)19-28(26,27)6-4-5-13(22)16-11(3)15(24)25/h9-11H,4-8H2,1-3H3,(H,16,22)(H,19,23)(H,24,25)(H,17,18,20,21)/t9?,10?,11-/m0/s1. The summed E-state index contributed by atoms with van der Waals surface area (Å²) >= 11 is 0. The van der Waals surface area contributed by atoms with Gasteiger partial charge in [0.1, 0.15) is 11.9 Å². The van der Waals surface area contributed by atoms with Gasteiger partial charge in [-0.2, -0.15) is 0 Å². The molecule has 0 radical (unpaired) electrons. The average Bonchev–Trinajstić information content (AvgIpc) is 3.06. The zero-order valence-electron chi connectivity index (χ0n) is 16.0. The molecule has 2 amide bonds. The summed E-state index contributed by atoms with van der Waals surface area (Å²) in [4.78, 5) is 34.2. The van der Waals surface area contributed by atoms with Crippen LogP contribution in [0.3, 0.4) is 0 Å². The number of hydrogen-bond acceptors (Lipinski definition) is 8. The number of hydrogen-bond donors (Lipinski definition) is 4. The Kier molecular flexibility index (Phi) is 8.96. The normalized spacial score (nSPS) is 14.7. The first kappa shape index (κ1) is 23.5. The number of carbonyl (C=O) groups is 3. The number of aliphatic carboxylic acids is 1.